The highest BCUT2D eigenvalue weighted by Gasteiger charge is 2.37. The van der Waals surface area contributed by atoms with E-state index in [0.29, 0.717) is 28.9 Å². The topological polar surface area (TPSA) is 88.6 Å². The van der Waals surface area contributed by atoms with Gasteiger partial charge in [0.05, 0.1) is 31.0 Å². The van der Waals surface area contributed by atoms with Gasteiger partial charge in [0.15, 0.2) is 0 Å². The van der Waals surface area contributed by atoms with Crippen molar-refractivity contribution in [2.75, 3.05) is 6.61 Å². The molecule has 190 valence electrons. The molecule has 0 spiro atoms. The Balaban J connectivity index is 1.58. The van der Waals surface area contributed by atoms with Crippen LogP contribution in [-0.4, -0.2) is 34.3 Å². The molecule has 1 aromatic heterocycles. The van der Waals surface area contributed by atoms with Crippen molar-refractivity contribution in [3.8, 4) is 0 Å². The van der Waals surface area contributed by atoms with Crippen molar-refractivity contribution in [2.45, 2.75) is 39.3 Å². The number of hydrogen-bond acceptors (Lipinski definition) is 5. The van der Waals surface area contributed by atoms with E-state index < -0.39 is 17.7 Å². The average molecular weight is 502 g/mol. The van der Waals surface area contributed by atoms with Crippen molar-refractivity contribution >= 4 is 17.8 Å². The molecule has 0 aliphatic carbocycles. The molecule has 0 radical (unpaired) electrons. The molecule has 1 aliphatic rings. The van der Waals surface area contributed by atoms with Gasteiger partial charge in [0.1, 0.15) is 5.82 Å². The van der Waals surface area contributed by atoms with Crippen LogP contribution in [0.1, 0.15) is 53.4 Å². The van der Waals surface area contributed by atoms with E-state index in [1.807, 2.05) is 18.2 Å². The Hall–Kier alpha value is -4.33. The lowest BCUT2D eigenvalue weighted by atomic mass is 9.83. The average Bonchev–Trinajstić information content (AvgIpc) is 2.90. The monoisotopic (exact) mass is 501 g/mol. The Morgan fingerprint density at radius 2 is 1.92 bits per heavy atom. The lowest BCUT2D eigenvalue weighted by Crippen LogP contribution is -2.38. The van der Waals surface area contributed by atoms with E-state index in [0.717, 1.165) is 11.3 Å². The van der Waals surface area contributed by atoms with Crippen LogP contribution in [0, 0.1) is 5.82 Å². The van der Waals surface area contributed by atoms with E-state index in [1.165, 1.54) is 17.0 Å². The van der Waals surface area contributed by atoms with E-state index in [4.69, 9.17) is 4.74 Å². The number of nitrogens with one attached hydrogen (secondary N) is 1. The first kappa shape index (κ1) is 25.8. The molecule has 2 heterocycles. The number of allylic oxidation sites excluding steroid dienone is 1. The first-order chi connectivity index (χ1) is 17.9. The zero-order chi connectivity index (χ0) is 26.4. The fourth-order valence-electron chi connectivity index (χ4n) is 4.45. The second-order valence-corrected chi connectivity index (χ2v) is 8.72. The molecule has 7 nitrogen and oxygen atoms in total. The number of carbonyl (C=O) groups is 3. The standard InChI is InChI=1S/C29H28FN3O4/c1-3-37-29(36)27-19(2)33(26(34)16-25(27)21-9-7-11-23(30)15-21)18-20-8-6-10-22(14-20)28(35)32-17-24-12-4-5-13-31-24/h4-15,25H,3,16-18H2,1-2H3,(H,32,35). The fraction of sp³-hybridized carbons (Fsp3) is 0.241. The number of hydrogen-bond donors (Lipinski definition) is 1. The molecule has 0 saturated heterocycles. The quantitative estimate of drug-likeness (QED) is 0.459. The number of amides is 2. The van der Waals surface area contributed by atoms with Gasteiger partial charge in [0.2, 0.25) is 5.91 Å². The van der Waals surface area contributed by atoms with Crippen molar-refractivity contribution in [1.29, 1.82) is 0 Å². The molecule has 8 heteroatoms. The molecule has 1 N–H and O–H groups in total. The van der Waals surface area contributed by atoms with E-state index in [2.05, 4.69) is 10.3 Å². The van der Waals surface area contributed by atoms with Gasteiger partial charge in [-0.3, -0.25) is 14.6 Å². The summed E-state index contributed by atoms with van der Waals surface area (Å²) in [6.07, 6.45) is 1.66. The predicted octanol–water partition coefficient (Wildman–Crippen LogP) is 4.50. The lowest BCUT2D eigenvalue weighted by molar-refractivity contribution is -0.140. The van der Waals surface area contributed by atoms with Crippen LogP contribution in [0.3, 0.4) is 0 Å². The van der Waals surface area contributed by atoms with Crippen molar-refractivity contribution in [3.05, 3.63) is 112 Å². The predicted molar refractivity (Wildman–Crippen MR) is 135 cm³/mol. The normalized spacial score (nSPS) is 15.5. The lowest BCUT2D eigenvalue weighted by Gasteiger charge is -2.34. The molecule has 2 amide bonds. The van der Waals surface area contributed by atoms with Crippen LogP contribution in [0.4, 0.5) is 4.39 Å². The van der Waals surface area contributed by atoms with Gasteiger partial charge in [0.25, 0.3) is 5.91 Å². The van der Waals surface area contributed by atoms with Gasteiger partial charge in [0, 0.05) is 29.8 Å². The molecule has 1 atom stereocenters. The van der Waals surface area contributed by atoms with E-state index in [1.54, 1.807) is 56.4 Å². The van der Waals surface area contributed by atoms with Gasteiger partial charge in [-0.25, -0.2) is 9.18 Å². The molecule has 1 aliphatic heterocycles. The molecular formula is C29H28FN3O4. The Kier molecular flexibility index (Phi) is 8.08. The third-order valence-corrected chi connectivity index (χ3v) is 6.26. The molecule has 0 saturated carbocycles. The van der Waals surface area contributed by atoms with Crippen LogP contribution in [0.25, 0.3) is 0 Å². The summed E-state index contributed by atoms with van der Waals surface area (Å²) in [6, 6.07) is 18.4. The SMILES string of the molecule is CCOC(=O)C1=C(C)N(Cc2cccc(C(=O)NCc3ccccn3)c2)C(=O)CC1c1cccc(F)c1. The minimum atomic E-state index is -0.609. The minimum Gasteiger partial charge on any atom is -0.463 e. The number of pyridine rings is 1. The molecule has 2 aromatic carbocycles. The highest BCUT2D eigenvalue weighted by Crippen LogP contribution is 2.38. The number of esters is 1. The van der Waals surface area contributed by atoms with Gasteiger partial charge in [-0.2, -0.15) is 0 Å². The molecule has 4 rings (SSSR count). The van der Waals surface area contributed by atoms with Crippen molar-refractivity contribution in [3.63, 3.8) is 0 Å². The summed E-state index contributed by atoms with van der Waals surface area (Å²) in [5.41, 5.74) is 3.24. The van der Waals surface area contributed by atoms with Gasteiger partial charge >= 0.3 is 5.97 Å². The van der Waals surface area contributed by atoms with Crippen LogP contribution in [0.5, 0.6) is 0 Å². The van der Waals surface area contributed by atoms with Crippen LogP contribution >= 0.6 is 0 Å². The smallest absolute Gasteiger partial charge is 0.336 e. The van der Waals surface area contributed by atoms with Gasteiger partial charge in [-0.1, -0.05) is 30.3 Å². The number of carbonyl (C=O) groups excluding carboxylic acids is 3. The number of aromatic nitrogens is 1. The van der Waals surface area contributed by atoms with Crippen molar-refractivity contribution in [1.82, 2.24) is 15.2 Å². The maximum Gasteiger partial charge on any atom is 0.336 e. The zero-order valence-electron chi connectivity index (χ0n) is 20.7. The van der Waals surface area contributed by atoms with Gasteiger partial charge in [-0.15, -0.1) is 0 Å². The molecule has 37 heavy (non-hydrogen) atoms. The second-order valence-electron chi connectivity index (χ2n) is 8.72. The summed E-state index contributed by atoms with van der Waals surface area (Å²) in [5, 5.41) is 2.85. The van der Waals surface area contributed by atoms with E-state index in [9.17, 15) is 18.8 Å². The molecule has 3 aromatic rings. The first-order valence-corrected chi connectivity index (χ1v) is 12.1. The summed E-state index contributed by atoms with van der Waals surface area (Å²) in [6.45, 7) is 4.04. The van der Waals surface area contributed by atoms with Crippen LogP contribution in [0.2, 0.25) is 0 Å². The number of rotatable bonds is 8. The molecule has 0 bridgehead atoms. The van der Waals surface area contributed by atoms with Crippen LogP contribution in [0.15, 0.2) is 84.2 Å². The molecular weight excluding hydrogens is 473 g/mol. The van der Waals surface area contributed by atoms with Crippen LogP contribution in [-0.2, 0) is 27.4 Å². The summed E-state index contributed by atoms with van der Waals surface area (Å²) >= 11 is 0. The Morgan fingerprint density at radius 1 is 1.11 bits per heavy atom. The van der Waals surface area contributed by atoms with Gasteiger partial charge in [-0.05, 0) is 61.4 Å². The highest BCUT2D eigenvalue weighted by atomic mass is 19.1. The number of ether oxygens (including phenoxy) is 1. The second kappa shape index (κ2) is 11.6. The maximum atomic E-state index is 13.9. The zero-order valence-corrected chi connectivity index (χ0v) is 20.7. The Bertz CT molecular complexity index is 1340. The highest BCUT2D eigenvalue weighted by molar-refractivity contribution is 5.96. The van der Waals surface area contributed by atoms with E-state index >= 15 is 0 Å². The Morgan fingerprint density at radius 3 is 2.65 bits per heavy atom. The first-order valence-electron chi connectivity index (χ1n) is 12.1. The third-order valence-electron chi connectivity index (χ3n) is 6.26. The summed E-state index contributed by atoms with van der Waals surface area (Å²) in [4.78, 5) is 44.6. The number of nitrogens with zero attached hydrogens (tertiary/aromatic N) is 2. The molecule has 0 fully saturated rings. The fourth-order valence-corrected chi connectivity index (χ4v) is 4.45. The van der Waals surface area contributed by atoms with Gasteiger partial charge < -0.3 is 15.0 Å². The Labute approximate surface area is 215 Å². The van der Waals surface area contributed by atoms with Crippen molar-refractivity contribution < 1.29 is 23.5 Å². The molecule has 1 unspecified atom stereocenters. The largest absolute Gasteiger partial charge is 0.463 e. The number of benzene rings is 2. The summed E-state index contributed by atoms with van der Waals surface area (Å²) in [5.74, 6) is -2.05. The third kappa shape index (κ3) is 6.09. The van der Waals surface area contributed by atoms with Crippen LogP contribution < -0.4 is 5.32 Å². The summed E-state index contributed by atoms with van der Waals surface area (Å²) in [7, 11) is 0. The van der Waals surface area contributed by atoms with E-state index in [-0.39, 0.29) is 31.4 Å². The maximum absolute atomic E-state index is 13.9. The summed E-state index contributed by atoms with van der Waals surface area (Å²) < 4.78 is 19.2. The minimum absolute atomic E-state index is 0.000800. The number of halogens is 1. The van der Waals surface area contributed by atoms with Crippen molar-refractivity contribution in [2.24, 2.45) is 0 Å².